The highest BCUT2D eigenvalue weighted by molar-refractivity contribution is 7.80. The minimum absolute atomic E-state index is 0.0481. The molecule has 19 nitrogen and oxygen atoms in total. The molecule has 1 aliphatic heterocycles. The number of unbranched alkanes of at least 4 members (excludes halogenated alkanes) is 5. The normalized spacial score (nSPS) is 16.8. The Hall–Kier alpha value is -4.21. The maximum atomic E-state index is 13.9. The van der Waals surface area contributed by atoms with Crippen LogP contribution in [0.25, 0.3) is 0 Å². The standard InChI is InChI=1S/C31H49N7O11S.C16H36N/c1-18(2)14-24(37-28(42)21(33)11-12-26(39)40)31(45)38-17-20(49-50(46,47)48)16-25(38)30(44)35-22(10-6-7-13-32)29(43)36-23(27(34)41)15-19-8-4-3-5-9-19;1-5-9-13-17(14-10-6-2,15-11-7-3)16-12-8-4/h3-5,8-9,18,20-25H,6-7,10-17,32-33H2,1-2H3,(H2,34,41)(H,35,44)(H,36,43)(H,37,42)(H,39,40)(H,46,47,48);5-16H2,1-4H3/q;+1/p-1/t20-,21+,22+,23+,24+,25+;/m1./s1. The van der Waals surface area contributed by atoms with Gasteiger partial charge in [-0.15, -0.1) is 0 Å². The Labute approximate surface area is 400 Å². The third-order valence-corrected chi connectivity index (χ3v) is 12.4. The van der Waals surface area contributed by atoms with Crippen molar-refractivity contribution in [3.63, 3.8) is 0 Å². The maximum Gasteiger partial charge on any atom is 0.303 e. The van der Waals surface area contributed by atoms with Crippen LogP contribution in [0.4, 0.5) is 0 Å². The van der Waals surface area contributed by atoms with E-state index in [2.05, 4.69) is 47.8 Å². The Morgan fingerprint density at radius 2 is 1.34 bits per heavy atom. The van der Waals surface area contributed by atoms with Crippen LogP contribution in [0, 0.1) is 5.92 Å². The molecule has 0 bridgehead atoms. The van der Waals surface area contributed by atoms with Gasteiger partial charge in [0, 0.05) is 25.8 Å². The van der Waals surface area contributed by atoms with Gasteiger partial charge in [-0.1, -0.05) is 97.6 Å². The summed E-state index contributed by atoms with van der Waals surface area (Å²) in [5.74, 6) is -5.47. The number of nitrogens with zero attached hydrogens (tertiary/aromatic N) is 2. The van der Waals surface area contributed by atoms with Crippen LogP contribution in [0.2, 0.25) is 0 Å². The van der Waals surface area contributed by atoms with Crippen molar-refractivity contribution in [3.8, 4) is 0 Å². The molecule has 0 aromatic heterocycles. The number of aliphatic carboxylic acids is 1. The van der Waals surface area contributed by atoms with Crippen LogP contribution >= 0.6 is 0 Å². The fourth-order valence-corrected chi connectivity index (χ4v) is 8.60. The number of benzene rings is 1. The lowest BCUT2D eigenvalue weighted by atomic mass is 10.0. The number of carbonyl (C=O) groups is 6. The molecule has 1 fully saturated rings. The van der Waals surface area contributed by atoms with Gasteiger partial charge in [-0.3, -0.25) is 33.0 Å². The van der Waals surface area contributed by atoms with Gasteiger partial charge in [0.2, 0.25) is 39.9 Å². The largest absolute Gasteiger partial charge is 0.726 e. The zero-order valence-corrected chi connectivity index (χ0v) is 41.9. The molecule has 10 N–H and O–H groups in total. The van der Waals surface area contributed by atoms with Crippen LogP contribution in [-0.4, -0.2) is 139 Å². The number of amides is 5. The summed E-state index contributed by atoms with van der Waals surface area (Å²) >= 11 is 0. The fraction of sp³-hybridized carbons (Fsp3) is 0.745. The summed E-state index contributed by atoms with van der Waals surface area (Å²) in [7, 11) is -5.26. The summed E-state index contributed by atoms with van der Waals surface area (Å²) in [5, 5.41) is 16.6. The van der Waals surface area contributed by atoms with Gasteiger partial charge in [0.25, 0.3) is 0 Å². The highest BCUT2D eigenvalue weighted by atomic mass is 32.3. The molecular weight excluding hydrogens is 885 g/mol. The number of quaternary nitrogens is 1. The van der Waals surface area contributed by atoms with Crippen molar-refractivity contribution in [1.82, 2.24) is 20.9 Å². The predicted octanol–water partition coefficient (Wildman–Crippen LogP) is 2.99. The minimum atomic E-state index is -5.26. The first kappa shape index (κ1) is 60.8. The first-order valence-corrected chi connectivity index (χ1v) is 25.7. The van der Waals surface area contributed by atoms with Crippen LogP contribution in [0.1, 0.15) is 143 Å². The molecule has 1 aromatic rings. The number of likely N-dealkylation sites (tertiary alicyclic amines) is 1. The second-order valence-electron chi connectivity index (χ2n) is 18.2. The third kappa shape index (κ3) is 24.6. The first-order valence-electron chi connectivity index (χ1n) is 24.4. The maximum absolute atomic E-state index is 13.9. The van der Waals surface area contributed by atoms with E-state index in [0.717, 1.165) is 4.90 Å². The van der Waals surface area contributed by atoms with Gasteiger partial charge in [0.05, 0.1) is 38.3 Å². The molecule has 0 radical (unpaired) electrons. The number of carboxylic acids is 1. The van der Waals surface area contributed by atoms with Crippen LogP contribution in [0.3, 0.4) is 0 Å². The van der Waals surface area contributed by atoms with Crippen LogP contribution in [0.5, 0.6) is 0 Å². The van der Waals surface area contributed by atoms with Crippen molar-refractivity contribution in [2.75, 3.05) is 39.3 Å². The molecular formula is C47H84N8O11S. The molecule has 1 heterocycles. The monoisotopic (exact) mass is 969 g/mol. The summed E-state index contributed by atoms with van der Waals surface area (Å²) in [6.07, 6.45) is 9.62. The summed E-state index contributed by atoms with van der Waals surface area (Å²) in [4.78, 5) is 78.2. The van der Waals surface area contributed by atoms with Crippen molar-refractivity contribution in [2.45, 2.75) is 181 Å². The van der Waals surface area contributed by atoms with Crippen molar-refractivity contribution in [3.05, 3.63) is 35.9 Å². The number of rotatable bonds is 33. The Bertz CT molecular complexity index is 1720. The van der Waals surface area contributed by atoms with Crippen LogP contribution in [-0.2, 0) is 49.8 Å². The van der Waals surface area contributed by atoms with Crippen LogP contribution in [0.15, 0.2) is 30.3 Å². The fourth-order valence-electron chi connectivity index (χ4n) is 8.13. The average Bonchev–Trinajstić information content (AvgIpc) is 3.69. The Balaban J connectivity index is 0.00000111. The lowest BCUT2D eigenvalue weighted by Crippen LogP contribution is -2.58. The third-order valence-electron chi connectivity index (χ3n) is 11.9. The van der Waals surface area contributed by atoms with Gasteiger partial charge in [0.15, 0.2) is 0 Å². The molecule has 2 rings (SSSR count). The molecule has 0 unspecified atom stereocenters. The minimum Gasteiger partial charge on any atom is -0.726 e. The Morgan fingerprint density at radius 3 is 1.81 bits per heavy atom. The van der Waals surface area contributed by atoms with E-state index in [1.165, 1.54) is 82.0 Å². The first-order chi connectivity index (χ1) is 31.7. The molecule has 20 heteroatoms. The van der Waals surface area contributed by atoms with Gasteiger partial charge < -0.3 is 52.2 Å². The zero-order valence-electron chi connectivity index (χ0n) is 41.0. The number of nitrogens with two attached hydrogens (primary N) is 3. The van der Waals surface area contributed by atoms with E-state index in [0.29, 0.717) is 18.4 Å². The van der Waals surface area contributed by atoms with Gasteiger partial charge in [-0.25, -0.2) is 8.42 Å². The topological polar surface area (TPSA) is 306 Å². The van der Waals surface area contributed by atoms with E-state index >= 15 is 0 Å². The molecule has 5 amide bonds. The van der Waals surface area contributed by atoms with E-state index in [1.807, 2.05) is 0 Å². The van der Waals surface area contributed by atoms with Crippen molar-refractivity contribution in [1.29, 1.82) is 0 Å². The molecule has 67 heavy (non-hydrogen) atoms. The molecule has 1 saturated heterocycles. The second-order valence-corrected chi connectivity index (χ2v) is 19.3. The summed E-state index contributed by atoms with van der Waals surface area (Å²) in [5.41, 5.74) is 17.7. The smallest absolute Gasteiger partial charge is 0.303 e. The number of nitrogens with one attached hydrogen (secondary N) is 3. The molecule has 384 valence electrons. The zero-order chi connectivity index (χ0) is 50.6. The Morgan fingerprint density at radius 1 is 0.806 bits per heavy atom. The molecule has 0 saturated carbocycles. The lowest BCUT2D eigenvalue weighted by Gasteiger charge is -2.39. The highest BCUT2D eigenvalue weighted by Gasteiger charge is 2.44. The average molecular weight is 969 g/mol. The highest BCUT2D eigenvalue weighted by Crippen LogP contribution is 2.25. The summed E-state index contributed by atoms with van der Waals surface area (Å²) < 4.78 is 40.4. The molecule has 6 atom stereocenters. The number of primary amides is 1. The second kappa shape index (κ2) is 32.5. The Kier molecular flexibility index (Phi) is 29.5. The van der Waals surface area contributed by atoms with Crippen molar-refractivity contribution in [2.24, 2.45) is 23.1 Å². The van der Waals surface area contributed by atoms with Gasteiger partial charge in [0.1, 0.15) is 24.2 Å². The van der Waals surface area contributed by atoms with Crippen LogP contribution < -0.4 is 33.2 Å². The summed E-state index contributed by atoms with van der Waals surface area (Å²) in [6.45, 7) is 18.3. The molecule has 0 aliphatic carbocycles. The number of hydrogen-bond donors (Lipinski definition) is 7. The van der Waals surface area contributed by atoms with Gasteiger partial charge in [-0.2, -0.15) is 0 Å². The number of carbonyl (C=O) groups excluding carboxylic acids is 5. The van der Waals surface area contributed by atoms with E-state index in [9.17, 15) is 41.7 Å². The van der Waals surface area contributed by atoms with Gasteiger partial charge in [-0.05, 0) is 75.8 Å². The summed E-state index contributed by atoms with van der Waals surface area (Å²) in [6, 6.07) is 2.38. The van der Waals surface area contributed by atoms with E-state index in [-0.39, 0.29) is 38.1 Å². The quantitative estimate of drug-likeness (QED) is 0.0231. The number of carboxylic acid groups (broad SMARTS) is 1. The number of hydrogen-bond acceptors (Lipinski definition) is 12. The van der Waals surface area contributed by atoms with E-state index in [4.69, 9.17) is 22.3 Å². The SMILES string of the molecule is CC(C)C[C@H](NC(=O)[C@@H](N)CCC(=O)O)C(=O)N1C[C@H](OS(=O)(=O)[O-])C[C@H]1C(=O)N[C@@H](CCCCN)C(=O)N[C@@H](Cc1ccccc1)C(N)=O.CCCC[N+](CCCC)(CCCC)CCCC. The molecule has 0 spiro atoms. The molecule has 1 aromatic carbocycles. The van der Waals surface area contributed by atoms with Crippen molar-refractivity contribution >= 4 is 45.9 Å². The van der Waals surface area contributed by atoms with Gasteiger partial charge >= 0.3 is 5.97 Å². The van der Waals surface area contributed by atoms with Crippen molar-refractivity contribution < 1.29 is 55.5 Å². The lowest BCUT2D eigenvalue weighted by molar-refractivity contribution is -0.929. The predicted molar refractivity (Wildman–Crippen MR) is 256 cm³/mol. The molecule has 1 aliphatic rings. The van der Waals surface area contributed by atoms with E-state index in [1.54, 1.807) is 44.2 Å². The van der Waals surface area contributed by atoms with E-state index < -0.39 is 102 Å².